The topological polar surface area (TPSA) is 116 Å². The Morgan fingerprint density at radius 3 is 1.52 bits per heavy atom. The smallest absolute Gasteiger partial charge is 0.334 e. The number of aliphatic hydroxyl groups excluding tert-OH is 4. The molecule has 7 nitrogen and oxygen atoms in total. The molecule has 0 spiro atoms. The molecule has 0 unspecified atom stereocenters. The normalized spacial score (nSPS) is 23.0. The first-order valence-electron chi connectivity index (χ1n) is 18.6. The van der Waals surface area contributed by atoms with Crippen molar-refractivity contribution >= 4 is 5.97 Å². The van der Waals surface area contributed by atoms with E-state index in [1.807, 2.05) is 6.92 Å². The van der Waals surface area contributed by atoms with Gasteiger partial charge in [0.25, 0.3) is 0 Å². The lowest BCUT2D eigenvalue weighted by Gasteiger charge is -2.22. The zero-order valence-electron chi connectivity index (χ0n) is 28.3. The summed E-state index contributed by atoms with van der Waals surface area (Å²) in [6.45, 7) is 4.08. The molecule has 0 radical (unpaired) electrons. The van der Waals surface area contributed by atoms with E-state index in [-0.39, 0.29) is 30.4 Å². The quantitative estimate of drug-likeness (QED) is 0.0518. The predicted octanol–water partition coefficient (Wildman–Crippen LogP) is 7.84. The zero-order chi connectivity index (χ0) is 32.0. The Morgan fingerprint density at radius 2 is 1.05 bits per heavy atom. The van der Waals surface area contributed by atoms with Crippen LogP contribution in [0.3, 0.4) is 0 Å². The van der Waals surface area contributed by atoms with Crippen LogP contribution in [-0.4, -0.2) is 69.1 Å². The van der Waals surface area contributed by atoms with E-state index < -0.39 is 18.3 Å². The van der Waals surface area contributed by atoms with E-state index >= 15 is 0 Å². The van der Waals surface area contributed by atoms with Gasteiger partial charge in [-0.05, 0) is 57.9 Å². The molecule has 2 rings (SSSR count). The second kappa shape index (κ2) is 24.2. The Labute approximate surface area is 269 Å². The third-order valence-electron chi connectivity index (χ3n) is 9.61. The van der Waals surface area contributed by atoms with Gasteiger partial charge in [-0.2, -0.15) is 0 Å². The van der Waals surface area contributed by atoms with Crippen LogP contribution in [0.1, 0.15) is 174 Å². The number of esters is 1. The first-order valence-corrected chi connectivity index (χ1v) is 18.6. The van der Waals surface area contributed by atoms with E-state index in [4.69, 9.17) is 9.47 Å². The Balaban J connectivity index is 1.38. The third-order valence-corrected chi connectivity index (χ3v) is 9.61. The molecule has 0 aromatic carbocycles. The molecule has 1 saturated heterocycles. The largest absolute Gasteiger partial charge is 0.455 e. The minimum Gasteiger partial charge on any atom is -0.455 e. The van der Waals surface area contributed by atoms with Gasteiger partial charge in [0, 0.05) is 12.0 Å². The Bertz CT molecular complexity index is 756. The van der Waals surface area contributed by atoms with Gasteiger partial charge in [-0.1, -0.05) is 116 Å². The number of cyclic esters (lactones) is 1. The summed E-state index contributed by atoms with van der Waals surface area (Å²) in [7, 11) is 0. The van der Waals surface area contributed by atoms with E-state index in [0.29, 0.717) is 24.8 Å². The SMILES string of the molecule is CCCCCCCCCCCC[C@@H](O)[C@@H]1CC[C@@H]([C@H](O)CCCC[C@H](O)CCCCCCC[C@@H](O)CC2=C[C@H](C)OC2=O)O1. The lowest BCUT2D eigenvalue weighted by molar-refractivity contribution is -0.139. The van der Waals surface area contributed by atoms with E-state index in [9.17, 15) is 25.2 Å². The van der Waals surface area contributed by atoms with Gasteiger partial charge in [0.15, 0.2) is 0 Å². The van der Waals surface area contributed by atoms with Crippen LogP contribution in [0.4, 0.5) is 0 Å². The van der Waals surface area contributed by atoms with Crippen LogP contribution < -0.4 is 0 Å². The molecule has 0 aromatic heterocycles. The van der Waals surface area contributed by atoms with E-state index in [1.165, 1.54) is 57.8 Å². The van der Waals surface area contributed by atoms with Crippen molar-refractivity contribution in [2.45, 2.75) is 217 Å². The summed E-state index contributed by atoms with van der Waals surface area (Å²) in [5.41, 5.74) is 0.596. The standard InChI is InChI=1S/C37H68O7/c1-3-4-5-6-7-8-9-10-14-17-23-33(40)35-25-26-36(44-35)34(41)24-19-18-21-31(38)20-15-12-11-13-16-22-32(39)28-30-27-29(2)43-37(30)42/h27,29,31-36,38-41H,3-26,28H2,1-2H3/t29-,31+,32+,33+,34+,35-,36-/m0/s1. The van der Waals surface area contributed by atoms with Crippen molar-refractivity contribution in [3.05, 3.63) is 11.6 Å². The summed E-state index contributed by atoms with van der Waals surface area (Å²) in [4.78, 5) is 11.7. The van der Waals surface area contributed by atoms with Crippen molar-refractivity contribution in [2.75, 3.05) is 0 Å². The third kappa shape index (κ3) is 17.6. The number of hydrogen-bond acceptors (Lipinski definition) is 7. The first-order chi connectivity index (χ1) is 21.3. The molecule has 7 atom stereocenters. The number of carbonyl (C=O) groups excluding carboxylic acids is 1. The van der Waals surface area contributed by atoms with Gasteiger partial charge in [-0.3, -0.25) is 0 Å². The maximum Gasteiger partial charge on any atom is 0.334 e. The fourth-order valence-electron chi connectivity index (χ4n) is 6.77. The highest BCUT2D eigenvalue weighted by Gasteiger charge is 2.34. The number of hydrogen-bond donors (Lipinski definition) is 4. The van der Waals surface area contributed by atoms with Crippen LogP contribution in [0.5, 0.6) is 0 Å². The lowest BCUT2D eigenvalue weighted by atomic mass is 9.99. The Hall–Kier alpha value is -0.990. The van der Waals surface area contributed by atoms with Gasteiger partial charge in [0.1, 0.15) is 6.10 Å². The van der Waals surface area contributed by atoms with Crippen LogP contribution in [0.15, 0.2) is 11.6 Å². The first kappa shape index (κ1) is 39.2. The van der Waals surface area contributed by atoms with Crippen LogP contribution in [0.2, 0.25) is 0 Å². The average molecular weight is 625 g/mol. The second-order valence-corrected chi connectivity index (χ2v) is 13.8. The highest BCUT2D eigenvalue weighted by molar-refractivity contribution is 5.90. The number of aliphatic hydroxyl groups is 4. The van der Waals surface area contributed by atoms with Crippen molar-refractivity contribution in [1.29, 1.82) is 0 Å². The van der Waals surface area contributed by atoms with Gasteiger partial charge in [-0.15, -0.1) is 0 Å². The van der Waals surface area contributed by atoms with Crippen LogP contribution in [0, 0.1) is 0 Å². The molecule has 0 aliphatic carbocycles. The van der Waals surface area contributed by atoms with Crippen molar-refractivity contribution in [3.8, 4) is 0 Å². The number of ether oxygens (including phenoxy) is 2. The van der Waals surface area contributed by atoms with E-state index in [2.05, 4.69) is 6.92 Å². The molecule has 0 amide bonds. The average Bonchev–Trinajstić information content (AvgIpc) is 3.61. The molecule has 258 valence electrons. The zero-order valence-corrected chi connectivity index (χ0v) is 28.3. The van der Waals surface area contributed by atoms with E-state index in [0.717, 1.165) is 83.5 Å². The maximum absolute atomic E-state index is 11.7. The lowest BCUT2D eigenvalue weighted by Crippen LogP contribution is -2.31. The Kier molecular flexibility index (Phi) is 21.6. The van der Waals surface area contributed by atoms with Gasteiger partial charge in [-0.25, -0.2) is 4.79 Å². The minimum atomic E-state index is -0.494. The molecule has 2 aliphatic rings. The maximum atomic E-state index is 11.7. The van der Waals surface area contributed by atoms with Crippen molar-refractivity contribution in [2.24, 2.45) is 0 Å². The molecule has 2 heterocycles. The van der Waals surface area contributed by atoms with Crippen molar-refractivity contribution in [3.63, 3.8) is 0 Å². The summed E-state index contributed by atoms with van der Waals surface area (Å²) >= 11 is 0. The molecule has 0 bridgehead atoms. The molecule has 0 aromatic rings. The molecule has 4 N–H and O–H groups in total. The monoisotopic (exact) mass is 624 g/mol. The highest BCUT2D eigenvalue weighted by atomic mass is 16.5. The van der Waals surface area contributed by atoms with Crippen molar-refractivity contribution < 1.29 is 34.7 Å². The van der Waals surface area contributed by atoms with Crippen LogP contribution in [0.25, 0.3) is 0 Å². The molecular weight excluding hydrogens is 556 g/mol. The van der Waals surface area contributed by atoms with Gasteiger partial charge < -0.3 is 29.9 Å². The molecule has 7 heteroatoms. The molecule has 0 saturated carbocycles. The molecule has 1 fully saturated rings. The fraction of sp³-hybridized carbons (Fsp3) is 0.919. The number of carbonyl (C=O) groups is 1. The number of rotatable bonds is 28. The highest BCUT2D eigenvalue weighted by Crippen LogP contribution is 2.28. The number of unbranched alkanes of at least 4 members (excludes halogenated alkanes) is 14. The molecular formula is C37H68O7. The van der Waals surface area contributed by atoms with E-state index in [1.54, 1.807) is 6.08 Å². The van der Waals surface area contributed by atoms with Crippen LogP contribution in [-0.2, 0) is 14.3 Å². The minimum absolute atomic E-state index is 0.139. The Morgan fingerprint density at radius 1 is 0.636 bits per heavy atom. The summed E-state index contributed by atoms with van der Waals surface area (Å²) in [5.74, 6) is -0.298. The van der Waals surface area contributed by atoms with Gasteiger partial charge >= 0.3 is 5.97 Å². The van der Waals surface area contributed by atoms with Crippen molar-refractivity contribution in [1.82, 2.24) is 0 Å². The summed E-state index contributed by atoms with van der Waals surface area (Å²) in [6.07, 6.45) is 25.2. The summed E-state index contributed by atoms with van der Waals surface area (Å²) < 4.78 is 11.1. The second-order valence-electron chi connectivity index (χ2n) is 13.8. The van der Waals surface area contributed by atoms with Crippen LogP contribution >= 0.6 is 0 Å². The van der Waals surface area contributed by atoms with Gasteiger partial charge in [0.05, 0.1) is 36.6 Å². The fourth-order valence-corrected chi connectivity index (χ4v) is 6.77. The van der Waals surface area contributed by atoms with Gasteiger partial charge in [0.2, 0.25) is 0 Å². The molecule has 2 aliphatic heterocycles. The predicted molar refractivity (Wildman–Crippen MR) is 177 cm³/mol. The summed E-state index contributed by atoms with van der Waals surface area (Å²) in [6, 6.07) is 0. The molecule has 44 heavy (non-hydrogen) atoms. The summed E-state index contributed by atoms with van der Waals surface area (Å²) in [5, 5.41) is 41.8.